The van der Waals surface area contributed by atoms with Crippen molar-refractivity contribution in [1.29, 1.82) is 0 Å². The van der Waals surface area contributed by atoms with Crippen LogP contribution in [0.25, 0.3) is 0 Å². The molecule has 0 bridgehead atoms. The lowest BCUT2D eigenvalue weighted by molar-refractivity contribution is 0.585. The fraction of sp³-hybridized carbons (Fsp3) is 0.357. The minimum Gasteiger partial charge on any atom is -0.310 e. The van der Waals surface area contributed by atoms with Gasteiger partial charge < -0.3 is 5.32 Å². The van der Waals surface area contributed by atoms with E-state index in [-0.39, 0.29) is 0 Å². The summed E-state index contributed by atoms with van der Waals surface area (Å²) in [5, 5.41) is 8.41. The van der Waals surface area contributed by atoms with E-state index in [0.29, 0.717) is 6.04 Å². The average Bonchev–Trinajstić information content (AvgIpc) is 2.74. The third kappa shape index (κ3) is 4.00. The van der Waals surface area contributed by atoms with Gasteiger partial charge in [0.2, 0.25) is 0 Å². The molecular formula is C14H18ClN3S. The molecule has 0 aliphatic heterocycles. The summed E-state index contributed by atoms with van der Waals surface area (Å²) in [6, 6.07) is 6.46. The predicted molar refractivity (Wildman–Crippen MR) is 80.8 cm³/mol. The minimum absolute atomic E-state index is 0.438. The second-order valence-corrected chi connectivity index (χ2v) is 6.23. The molecule has 0 radical (unpaired) electrons. The van der Waals surface area contributed by atoms with Gasteiger partial charge in [0, 0.05) is 35.7 Å². The third-order valence-corrected chi connectivity index (χ3v) is 4.07. The minimum atomic E-state index is 0.438. The van der Waals surface area contributed by atoms with E-state index in [2.05, 4.69) is 30.3 Å². The zero-order valence-corrected chi connectivity index (χ0v) is 12.9. The second kappa shape index (κ2) is 6.46. The zero-order valence-electron chi connectivity index (χ0n) is 11.4. The van der Waals surface area contributed by atoms with Gasteiger partial charge in [0.05, 0.1) is 11.1 Å². The summed E-state index contributed by atoms with van der Waals surface area (Å²) in [6.45, 7) is 5.04. The van der Waals surface area contributed by atoms with E-state index in [1.165, 1.54) is 4.90 Å². The molecule has 5 heteroatoms. The van der Waals surface area contributed by atoms with Gasteiger partial charge in [0.15, 0.2) is 0 Å². The number of nitrogens with one attached hydrogen (secondary N) is 1. The summed E-state index contributed by atoms with van der Waals surface area (Å²) in [7, 11) is 1.92. The molecule has 1 aromatic heterocycles. The summed E-state index contributed by atoms with van der Waals surface area (Å²) in [6.07, 6.45) is 3.87. The quantitative estimate of drug-likeness (QED) is 0.912. The molecule has 0 atom stereocenters. The van der Waals surface area contributed by atoms with E-state index in [4.69, 9.17) is 11.6 Å². The summed E-state index contributed by atoms with van der Waals surface area (Å²) in [5.41, 5.74) is 1.15. The predicted octanol–water partition coefficient (Wildman–Crippen LogP) is 3.72. The molecule has 0 saturated carbocycles. The van der Waals surface area contributed by atoms with Crippen LogP contribution in [0.5, 0.6) is 0 Å². The topological polar surface area (TPSA) is 29.9 Å². The normalized spacial score (nSPS) is 11.2. The molecule has 1 N–H and O–H groups in total. The Morgan fingerprint density at radius 2 is 2.21 bits per heavy atom. The number of rotatable bonds is 5. The monoisotopic (exact) mass is 295 g/mol. The lowest BCUT2D eigenvalue weighted by atomic mass is 10.2. The van der Waals surface area contributed by atoms with Crippen molar-refractivity contribution in [3.63, 3.8) is 0 Å². The van der Waals surface area contributed by atoms with Crippen molar-refractivity contribution in [1.82, 2.24) is 15.1 Å². The second-order valence-electron chi connectivity index (χ2n) is 4.70. The van der Waals surface area contributed by atoms with Gasteiger partial charge in [-0.15, -0.1) is 0 Å². The highest BCUT2D eigenvalue weighted by molar-refractivity contribution is 7.99. The number of hydrogen-bond acceptors (Lipinski definition) is 3. The van der Waals surface area contributed by atoms with Crippen LogP contribution >= 0.6 is 23.4 Å². The highest BCUT2D eigenvalue weighted by atomic mass is 35.5. The Morgan fingerprint density at radius 1 is 1.42 bits per heavy atom. The first kappa shape index (κ1) is 14.4. The van der Waals surface area contributed by atoms with E-state index in [0.717, 1.165) is 22.0 Å². The Kier molecular flexibility index (Phi) is 4.91. The first-order valence-corrected chi connectivity index (χ1v) is 7.43. The number of halogens is 1. The fourth-order valence-electron chi connectivity index (χ4n) is 1.69. The highest BCUT2D eigenvalue weighted by Gasteiger charge is 2.09. The first-order valence-electron chi connectivity index (χ1n) is 6.23. The maximum absolute atomic E-state index is 6.31. The van der Waals surface area contributed by atoms with Crippen molar-refractivity contribution in [3.05, 3.63) is 41.2 Å². The molecule has 0 aliphatic carbocycles. The number of nitrogens with zero attached hydrogens (tertiary/aromatic N) is 2. The Bertz CT molecular complexity index is 551. The van der Waals surface area contributed by atoms with Crippen LogP contribution in [0.4, 0.5) is 0 Å². The lowest BCUT2D eigenvalue weighted by Crippen LogP contribution is -2.22. The summed E-state index contributed by atoms with van der Waals surface area (Å²) < 4.78 is 1.80. The lowest BCUT2D eigenvalue weighted by Gasteiger charge is -2.13. The van der Waals surface area contributed by atoms with Gasteiger partial charge in [0.25, 0.3) is 0 Å². The van der Waals surface area contributed by atoms with Crippen LogP contribution in [-0.2, 0) is 13.6 Å². The molecule has 2 aromatic rings. The van der Waals surface area contributed by atoms with Gasteiger partial charge >= 0.3 is 0 Å². The SMILES string of the molecule is CC(C)NCc1c(Cl)cccc1Sc1cnn(C)c1. The largest absolute Gasteiger partial charge is 0.310 e. The van der Waals surface area contributed by atoms with Crippen LogP contribution in [0.15, 0.2) is 40.4 Å². The summed E-state index contributed by atoms with van der Waals surface area (Å²) in [5.74, 6) is 0. The third-order valence-electron chi connectivity index (χ3n) is 2.67. The van der Waals surface area contributed by atoms with Crippen LogP contribution in [0, 0.1) is 0 Å². The van der Waals surface area contributed by atoms with Gasteiger partial charge in [-0.05, 0) is 17.7 Å². The number of hydrogen-bond donors (Lipinski definition) is 1. The highest BCUT2D eigenvalue weighted by Crippen LogP contribution is 2.33. The molecule has 0 amide bonds. The molecule has 2 rings (SSSR count). The molecule has 0 saturated heterocycles. The molecule has 0 aliphatic rings. The standard InChI is InChI=1S/C14H18ClN3S/c1-10(2)16-8-12-13(15)5-4-6-14(12)19-11-7-17-18(3)9-11/h4-7,9-10,16H,8H2,1-3H3. The molecule has 19 heavy (non-hydrogen) atoms. The van der Waals surface area contributed by atoms with E-state index in [1.807, 2.05) is 31.6 Å². The Balaban J connectivity index is 2.21. The van der Waals surface area contributed by atoms with Crippen molar-refractivity contribution in [2.45, 2.75) is 36.2 Å². The van der Waals surface area contributed by atoms with Crippen LogP contribution in [0.3, 0.4) is 0 Å². The van der Waals surface area contributed by atoms with E-state index < -0.39 is 0 Å². The van der Waals surface area contributed by atoms with Crippen molar-refractivity contribution in [3.8, 4) is 0 Å². The van der Waals surface area contributed by atoms with E-state index in [9.17, 15) is 0 Å². The fourth-order valence-corrected chi connectivity index (χ4v) is 3.00. The molecule has 0 unspecified atom stereocenters. The Morgan fingerprint density at radius 3 is 2.84 bits per heavy atom. The van der Waals surface area contributed by atoms with Crippen LogP contribution < -0.4 is 5.32 Å². The number of aryl methyl sites for hydroxylation is 1. The van der Waals surface area contributed by atoms with Crippen LogP contribution in [0.2, 0.25) is 5.02 Å². The van der Waals surface area contributed by atoms with Gasteiger partial charge in [-0.3, -0.25) is 4.68 Å². The average molecular weight is 296 g/mol. The van der Waals surface area contributed by atoms with Crippen molar-refractivity contribution in [2.24, 2.45) is 7.05 Å². The molecule has 0 spiro atoms. The van der Waals surface area contributed by atoms with E-state index >= 15 is 0 Å². The smallest absolute Gasteiger partial charge is 0.0629 e. The van der Waals surface area contributed by atoms with Crippen molar-refractivity contribution >= 4 is 23.4 Å². The molecule has 1 heterocycles. The van der Waals surface area contributed by atoms with Gasteiger partial charge in [-0.25, -0.2) is 0 Å². The molecule has 102 valence electrons. The molecule has 0 fully saturated rings. The number of aromatic nitrogens is 2. The zero-order chi connectivity index (χ0) is 13.8. The van der Waals surface area contributed by atoms with Gasteiger partial charge in [-0.1, -0.05) is 43.3 Å². The van der Waals surface area contributed by atoms with Crippen LogP contribution in [-0.4, -0.2) is 15.8 Å². The van der Waals surface area contributed by atoms with Crippen LogP contribution in [0.1, 0.15) is 19.4 Å². The maximum atomic E-state index is 6.31. The van der Waals surface area contributed by atoms with E-state index in [1.54, 1.807) is 16.4 Å². The molecule has 1 aromatic carbocycles. The number of benzene rings is 1. The Hall–Kier alpha value is -0.970. The first-order chi connectivity index (χ1) is 9.06. The van der Waals surface area contributed by atoms with Gasteiger partial charge in [-0.2, -0.15) is 5.10 Å². The summed E-state index contributed by atoms with van der Waals surface area (Å²) >= 11 is 8.00. The van der Waals surface area contributed by atoms with Gasteiger partial charge in [0.1, 0.15) is 0 Å². The van der Waals surface area contributed by atoms with Crippen molar-refractivity contribution < 1.29 is 0 Å². The summed E-state index contributed by atoms with van der Waals surface area (Å²) in [4.78, 5) is 2.30. The Labute approximate surface area is 123 Å². The maximum Gasteiger partial charge on any atom is 0.0629 e. The molecular weight excluding hydrogens is 278 g/mol. The van der Waals surface area contributed by atoms with Crippen molar-refractivity contribution in [2.75, 3.05) is 0 Å². The molecule has 3 nitrogen and oxygen atoms in total.